The average Bonchev–Trinajstić information content (AvgIpc) is 2.45. The van der Waals surface area contributed by atoms with Gasteiger partial charge >= 0.3 is 0 Å². The summed E-state index contributed by atoms with van der Waals surface area (Å²) in [6, 6.07) is 4.16. The Morgan fingerprint density at radius 2 is 2.00 bits per heavy atom. The largest absolute Gasteiger partial charge is 0.482 e. The van der Waals surface area contributed by atoms with E-state index in [4.69, 9.17) is 4.74 Å². The van der Waals surface area contributed by atoms with Gasteiger partial charge in [0.15, 0.2) is 6.61 Å². The fraction of sp³-hybridized carbons (Fsp3) is 0.625. The normalized spacial score (nSPS) is 10.8. The SMILES string of the molecule is CCN(CC)C(=O)COc1ccc(C)nc1CNC(C)C. The van der Waals surface area contributed by atoms with Gasteiger partial charge in [-0.2, -0.15) is 0 Å². The molecule has 0 atom stereocenters. The molecule has 118 valence electrons. The standard InChI is InChI=1S/C16H27N3O2/c1-6-19(7-2)16(20)11-21-15-9-8-13(5)18-14(15)10-17-12(3)4/h8-9,12,17H,6-7,10-11H2,1-5H3. The summed E-state index contributed by atoms with van der Waals surface area (Å²) < 4.78 is 5.68. The lowest BCUT2D eigenvalue weighted by molar-refractivity contribution is -0.132. The Hall–Kier alpha value is -1.62. The van der Waals surface area contributed by atoms with Crippen molar-refractivity contribution in [1.29, 1.82) is 0 Å². The van der Waals surface area contributed by atoms with Gasteiger partial charge in [-0.15, -0.1) is 0 Å². The molecule has 0 radical (unpaired) electrons. The molecule has 1 amide bonds. The minimum absolute atomic E-state index is 0.00310. The van der Waals surface area contributed by atoms with Crippen LogP contribution in [0, 0.1) is 6.92 Å². The molecule has 1 N–H and O–H groups in total. The summed E-state index contributed by atoms with van der Waals surface area (Å²) >= 11 is 0. The molecule has 1 rings (SSSR count). The predicted octanol–water partition coefficient (Wildman–Crippen LogP) is 2.14. The van der Waals surface area contributed by atoms with Gasteiger partial charge in [0.25, 0.3) is 5.91 Å². The zero-order chi connectivity index (χ0) is 15.8. The second-order valence-electron chi connectivity index (χ2n) is 5.29. The van der Waals surface area contributed by atoms with Crippen LogP contribution in [-0.4, -0.2) is 41.5 Å². The molecule has 1 heterocycles. The van der Waals surface area contributed by atoms with Crippen LogP contribution < -0.4 is 10.1 Å². The number of aromatic nitrogens is 1. The zero-order valence-corrected chi connectivity index (χ0v) is 13.8. The van der Waals surface area contributed by atoms with Crippen molar-refractivity contribution < 1.29 is 9.53 Å². The summed E-state index contributed by atoms with van der Waals surface area (Å²) in [6.45, 7) is 12.1. The molecule has 5 heteroatoms. The number of nitrogens with one attached hydrogen (secondary N) is 1. The summed E-state index contributed by atoms with van der Waals surface area (Å²) in [4.78, 5) is 18.2. The molecule has 5 nitrogen and oxygen atoms in total. The maximum Gasteiger partial charge on any atom is 0.260 e. The molecule has 1 aromatic heterocycles. The number of carbonyl (C=O) groups is 1. The van der Waals surface area contributed by atoms with Crippen LogP contribution in [0.2, 0.25) is 0 Å². The number of aryl methyl sites for hydroxylation is 1. The van der Waals surface area contributed by atoms with Crippen LogP contribution in [0.1, 0.15) is 39.1 Å². The quantitative estimate of drug-likeness (QED) is 0.798. The Morgan fingerprint density at radius 1 is 1.33 bits per heavy atom. The van der Waals surface area contributed by atoms with E-state index in [9.17, 15) is 4.79 Å². The van der Waals surface area contributed by atoms with Gasteiger partial charge in [0.2, 0.25) is 0 Å². The lowest BCUT2D eigenvalue weighted by Crippen LogP contribution is -2.34. The number of pyridine rings is 1. The Bertz CT molecular complexity index is 457. The van der Waals surface area contributed by atoms with Crippen molar-refractivity contribution in [2.24, 2.45) is 0 Å². The van der Waals surface area contributed by atoms with E-state index in [2.05, 4.69) is 24.1 Å². The molecule has 1 aromatic rings. The molecular formula is C16H27N3O2. The van der Waals surface area contributed by atoms with Crippen LogP contribution in [-0.2, 0) is 11.3 Å². The Labute approximate surface area is 127 Å². The van der Waals surface area contributed by atoms with Crippen molar-refractivity contribution in [3.63, 3.8) is 0 Å². The Kier molecular flexibility index (Phi) is 7.15. The highest BCUT2D eigenvalue weighted by Gasteiger charge is 2.12. The highest BCUT2D eigenvalue weighted by Crippen LogP contribution is 2.17. The number of likely N-dealkylation sites (N-methyl/N-ethyl adjacent to an activating group) is 1. The molecule has 0 spiro atoms. The highest BCUT2D eigenvalue weighted by atomic mass is 16.5. The molecule has 0 aliphatic heterocycles. The summed E-state index contributed by atoms with van der Waals surface area (Å²) in [5.74, 6) is 0.678. The molecule has 0 fully saturated rings. The fourth-order valence-electron chi connectivity index (χ4n) is 1.96. The average molecular weight is 293 g/mol. The number of nitrogens with zero attached hydrogens (tertiary/aromatic N) is 2. The minimum Gasteiger partial charge on any atom is -0.482 e. The van der Waals surface area contributed by atoms with Crippen molar-refractivity contribution in [2.75, 3.05) is 19.7 Å². The van der Waals surface area contributed by atoms with E-state index in [0.717, 1.165) is 11.4 Å². The predicted molar refractivity (Wildman–Crippen MR) is 84.4 cm³/mol. The first-order valence-corrected chi connectivity index (χ1v) is 7.58. The van der Waals surface area contributed by atoms with Gasteiger partial charge in [-0.3, -0.25) is 9.78 Å². The molecule has 0 unspecified atom stereocenters. The monoisotopic (exact) mass is 293 g/mol. The van der Waals surface area contributed by atoms with E-state index >= 15 is 0 Å². The number of ether oxygens (including phenoxy) is 1. The van der Waals surface area contributed by atoms with Gasteiger partial charge in [-0.05, 0) is 32.9 Å². The number of carbonyl (C=O) groups excluding carboxylic acids is 1. The molecule has 0 aliphatic rings. The summed E-state index contributed by atoms with van der Waals surface area (Å²) in [5.41, 5.74) is 1.79. The van der Waals surface area contributed by atoms with E-state index < -0.39 is 0 Å². The van der Waals surface area contributed by atoms with Crippen molar-refractivity contribution in [3.05, 3.63) is 23.5 Å². The van der Waals surface area contributed by atoms with Gasteiger partial charge in [-0.1, -0.05) is 13.8 Å². The minimum atomic E-state index is 0.00310. The lowest BCUT2D eigenvalue weighted by atomic mass is 10.2. The summed E-state index contributed by atoms with van der Waals surface area (Å²) in [7, 11) is 0. The molecule has 0 saturated carbocycles. The molecule has 0 aliphatic carbocycles. The smallest absolute Gasteiger partial charge is 0.260 e. The van der Waals surface area contributed by atoms with Crippen LogP contribution in [0.15, 0.2) is 12.1 Å². The number of amides is 1. The molecular weight excluding hydrogens is 266 g/mol. The topological polar surface area (TPSA) is 54.5 Å². The molecule has 0 saturated heterocycles. The summed E-state index contributed by atoms with van der Waals surface area (Å²) in [5, 5.41) is 3.32. The van der Waals surface area contributed by atoms with Gasteiger partial charge < -0.3 is 15.0 Å². The number of hydrogen-bond donors (Lipinski definition) is 1. The van der Waals surface area contributed by atoms with Crippen molar-refractivity contribution in [3.8, 4) is 5.75 Å². The Morgan fingerprint density at radius 3 is 2.57 bits per heavy atom. The molecule has 0 bridgehead atoms. The second-order valence-corrected chi connectivity index (χ2v) is 5.29. The molecule has 21 heavy (non-hydrogen) atoms. The van der Waals surface area contributed by atoms with Gasteiger partial charge in [0.05, 0.1) is 5.69 Å². The number of rotatable bonds is 8. The van der Waals surface area contributed by atoms with Crippen molar-refractivity contribution in [1.82, 2.24) is 15.2 Å². The first-order valence-electron chi connectivity index (χ1n) is 7.58. The maximum absolute atomic E-state index is 12.0. The Balaban J connectivity index is 2.71. The van der Waals surface area contributed by atoms with E-state index in [0.29, 0.717) is 31.4 Å². The van der Waals surface area contributed by atoms with Gasteiger partial charge in [0.1, 0.15) is 5.75 Å². The fourth-order valence-corrected chi connectivity index (χ4v) is 1.96. The van der Waals surface area contributed by atoms with Crippen LogP contribution in [0.3, 0.4) is 0 Å². The van der Waals surface area contributed by atoms with Gasteiger partial charge in [0, 0.05) is 31.4 Å². The van der Waals surface area contributed by atoms with Crippen LogP contribution in [0.5, 0.6) is 5.75 Å². The van der Waals surface area contributed by atoms with Crippen LogP contribution in [0.25, 0.3) is 0 Å². The van der Waals surface area contributed by atoms with Crippen LogP contribution >= 0.6 is 0 Å². The first-order chi connectivity index (χ1) is 9.97. The lowest BCUT2D eigenvalue weighted by Gasteiger charge is -2.19. The third kappa shape index (κ3) is 5.71. The van der Waals surface area contributed by atoms with Crippen LogP contribution in [0.4, 0.5) is 0 Å². The zero-order valence-electron chi connectivity index (χ0n) is 13.8. The van der Waals surface area contributed by atoms with Crippen molar-refractivity contribution >= 4 is 5.91 Å². The third-order valence-electron chi connectivity index (χ3n) is 3.22. The maximum atomic E-state index is 12.0. The van der Waals surface area contributed by atoms with E-state index in [1.54, 1.807) is 4.90 Å². The second kappa shape index (κ2) is 8.62. The third-order valence-corrected chi connectivity index (χ3v) is 3.22. The van der Waals surface area contributed by atoms with Gasteiger partial charge in [-0.25, -0.2) is 0 Å². The summed E-state index contributed by atoms with van der Waals surface area (Å²) in [6.07, 6.45) is 0. The van der Waals surface area contributed by atoms with E-state index in [-0.39, 0.29) is 12.5 Å². The number of hydrogen-bond acceptors (Lipinski definition) is 4. The highest BCUT2D eigenvalue weighted by molar-refractivity contribution is 5.77. The van der Waals surface area contributed by atoms with Crippen molar-refractivity contribution in [2.45, 2.75) is 47.2 Å². The van der Waals surface area contributed by atoms with E-state index in [1.165, 1.54) is 0 Å². The first kappa shape index (κ1) is 17.4. The molecule has 0 aromatic carbocycles. The van der Waals surface area contributed by atoms with E-state index in [1.807, 2.05) is 32.9 Å².